The zero-order chi connectivity index (χ0) is 19.6. The number of rotatable bonds is 4. The van der Waals surface area contributed by atoms with E-state index in [9.17, 15) is 0 Å². The minimum atomic E-state index is 0.129. The van der Waals surface area contributed by atoms with Crippen molar-refractivity contribution in [1.29, 1.82) is 5.26 Å². The summed E-state index contributed by atoms with van der Waals surface area (Å²) in [6, 6.07) is 13.6. The molecule has 27 heavy (non-hydrogen) atoms. The maximum atomic E-state index is 8.90. The molecule has 1 heterocycles. The molecule has 3 rings (SSSR count). The molecule has 0 bridgehead atoms. The van der Waals surface area contributed by atoms with Crippen molar-refractivity contribution >= 4 is 29.2 Å². The van der Waals surface area contributed by atoms with Crippen LogP contribution in [0.4, 0.5) is 11.4 Å². The number of nitrogens with zero attached hydrogens (tertiary/aromatic N) is 3. The van der Waals surface area contributed by atoms with E-state index in [1.807, 2.05) is 18.3 Å². The number of hydrogen-bond donors (Lipinski definition) is 0. The Balaban J connectivity index is 1.96. The van der Waals surface area contributed by atoms with E-state index in [2.05, 4.69) is 55.8 Å². The molecule has 0 fully saturated rings. The third kappa shape index (κ3) is 4.01. The third-order valence-electron chi connectivity index (χ3n) is 5.30. The Kier molecular flexibility index (Phi) is 5.58. The zero-order valence-electron chi connectivity index (χ0n) is 16.5. The van der Waals surface area contributed by atoms with Crippen molar-refractivity contribution in [2.24, 2.45) is 4.99 Å². The molecular weight excluding hydrogens is 354 g/mol. The van der Waals surface area contributed by atoms with Crippen LogP contribution in [0.15, 0.2) is 41.4 Å². The minimum absolute atomic E-state index is 0.129. The van der Waals surface area contributed by atoms with Crippen molar-refractivity contribution < 1.29 is 0 Å². The molecule has 1 aliphatic rings. The number of halogens is 1. The summed E-state index contributed by atoms with van der Waals surface area (Å²) in [5.74, 6) is 0.474. The normalized spacial score (nSPS) is 18.4. The van der Waals surface area contributed by atoms with Gasteiger partial charge in [0.1, 0.15) is 0 Å². The number of anilines is 1. The van der Waals surface area contributed by atoms with Gasteiger partial charge in [-0.05, 0) is 74.6 Å². The highest BCUT2D eigenvalue weighted by atomic mass is 35.5. The van der Waals surface area contributed by atoms with Crippen molar-refractivity contribution in [3.8, 4) is 6.07 Å². The van der Waals surface area contributed by atoms with Gasteiger partial charge in [-0.25, -0.2) is 0 Å². The van der Waals surface area contributed by atoms with Crippen LogP contribution in [0, 0.1) is 11.3 Å². The fourth-order valence-corrected chi connectivity index (χ4v) is 4.24. The van der Waals surface area contributed by atoms with Gasteiger partial charge >= 0.3 is 0 Å². The highest BCUT2D eigenvalue weighted by Gasteiger charge is 2.36. The summed E-state index contributed by atoms with van der Waals surface area (Å²) in [5, 5.41) is 9.62. The smallest absolute Gasteiger partial charge is 0.0991 e. The summed E-state index contributed by atoms with van der Waals surface area (Å²) < 4.78 is 0. The SMILES string of the molecule is CCCN1c2cc(Cl)c(C=Nc3ccc(C#N)cc3)cc2C(C)CC1(C)C. The van der Waals surface area contributed by atoms with E-state index in [4.69, 9.17) is 16.9 Å². The molecule has 3 nitrogen and oxygen atoms in total. The van der Waals surface area contributed by atoms with E-state index in [0.29, 0.717) is 11.5 Å². The lowest BCUT2D eigenvalue weighted by atomic mass is 9.79. The van der Waals surface area contributed by atoms with Gasteiger partial charge in [-0.1, -0.05) is 25.4 Å². The van der Waals surface area contributed by atoms with Gasteiger partial charge in [-0.2, -0.15) is 5.26 Å². The van der Waals surface area contributed by atoms with Crippen LogP contribution < -0.4 is 4.90 Å². The second-order valence-corrected chi connectivity index (χ2v) is 8.33. The van der Waals surface area contributed by atoms with E-state index in [0.717, 1.165) is 35.7 Å². The molecule has 140 valence electrons. The van der Waals surface area contributed by atoms with E-state index in [-0.39, 0.29) is 5.54 Å². The fourth-order valence-electron chi connectivity index (χ4n) is 4.03. The second kappa shape index (κ2) is 7.74. The first kappa shape index (κ1) is 19.5. The molecule has 0 saturated carbocycles. The van der Waals surface area contributed by atoms with Crippen LogP contribution in [0.1, 0.15) is 63.1 Å². The van der Waals surface area contributed by atoms with Gasteiger partial charge in [0.2, 0.25) is 0 Å². The molecule has 0 spiro atoms. The van der Waals surface area contributed by atoms with Crippen molar-refractivity contribution in [2.45, 2.75) is 52.0 Å². The summed E-state index contributed by atoms with van der Waals surface area (Å²) >= 11 is 6.62. The Labute approximate surface area is 167 Å². The number of fused-ring (bicyclic) bond motifs is 1. The average molecular weight is 380 g/mol. The quantitative estimate of drug-likeness (QED) is 0.571. The summed E-state index contributed by atoms with van der Waals surface area (Å²) in [4.78, 5) is 7.03. The Morgan fingerprint density at radius 1 is 1.30 bits per heavy atom. The van der Waals surface area contributed by atoms with Crippen molar-refractivity contribution in [1.82, 2.24) is 0 Å². The maximum Gasteiger partial charge on any atom is 0.0991 e. The first-order chi connectivity index (χ1) is 12.9. The summed E-state index contributed by atoms with van der Waals surface area (Å²) in [6.07, 6.45) is 4.05. The van der Waals surface area contributed by atoms with Crippen LogP contribution in [0.2, 0.25) is 5.02 Å². The van der Waals surface area contributed by atoms with Crippen LogP contribution in [0.3, 0.4) is 0 Å². The van der Waals surface area contributed by atoms with Crippen LogP contribution in [-0.2, 0) is 0 Å². The largest absolute Gasteiger partial charge is 0.366 e. The van der Waals surface area contributed by atoms with Gasteiger partial charge in [0.25, 0.3) is 0 Å². The van der Waals surface area contributed by atoms with Gasteiger partial charge in [0.15, 0.2) is 0 Å². The first-order valence-electron chi connectivity index (χ1n) is 9.51. The third-order valence-corrected chi connectivity index (χ3v) is 5.63. The average Bonchev–Trinajstić information content (AvgIpc) is 2.64. The molecule has 0 radical (unpaired) electrons. The lowest BCUT2D eigenvalue weighted by Crippen LogP contribution is -2.48. The van der Waals surface area contributed by atoms with Gasteiger partial charge in [0.05, 0.1) is 22.3 Å². The Morgan fingerprint density at radius 3 is 2.63 bits per heavy atom. The molecule has 2 aromatic rings. The van der Waals surface area contributed by atoms with Crippen molar-refractivity contribution in [2.75, 3.05) is 11.4 Å². The van der Waals surface area contributed by atoms with Gasteiger partial charge in [0, 0.05) is 29.5 Å². The van der Waals surface area contributed by atoms with Crippen LogP contribution in [0.5, 0.6) is 0 Å². The number of hydrogen-bond acceptors (Lipinski definition) is 3. The molecule has 2 aromatic carbocycles. The zero-order valence-corrected chi connectivity index (χ0v) is 17.2. The molecule has 0 N–H and O–H groups in total. The molecule has 1 aliphatic heterocycles. The Hall–Kier alpha value is -2.31. The highest BCUT2D eigenvalue weighted by Crippen LogP contribution is 2.45. The Bertz CT molecular complexity index is 891. The lowest BCUT2D eigenvalue weighted by molar-refractivity contribution is 0.376. The van der Waals surface area contributed by atoms with Gasteiger partial charge in [-0.15, -0.1) is 0 Å². The first-order valence-corrected chi connectivity index (χ1v) is 9.89. The highest BCUT2D eigenvalue weighted by molar-refractivity contribution is 6.33. The summed E-state index contributed by atoms with van der Waals surface area (Å²) in [7, 11) is 0. The number of benzene rings is 2. The summed E-state index contributed by atoms with van der Waals surface area (Å²) in [5.41, 5.74) is 5.10. The van der Waals surface area contributed by atoms with Gasteiger partial charge < -0.3 is 4.90 Å². The molecule has 0 aliphatic carbocycles. The van der Waals surface area contributed by atoms with E-state index in [1.54, 1.807) is 12.1 Å². The van der Waals surface area contributed by atoms with Crippen molar-refractivity contribution in [3.63, 3.8) is 0 Å². The lowest BCUT2D eigenvalue weighted by Gasteiger charge is -2.47. The fraction of sp³-hybridized carbons (Fsp3) is 0.391. The molecule has 1 unspecified atom stereocenters. The summed E-state index contributed by atoms with van der Waals surface area (Å²) in [6.45, 7) is 10.2. The predicted octanol–water partition coefficient (Wildman–Crippen LogP) is 6.46. The van der Waals surface area contributed by atoms with Crippen LogP contribution in [0.25, 0.3) is 0 Å². The number of aliphatic imine (C=N–C) groups is 1. The molecule has 0 saturated heterocycles. The predicted molar refractivity (Wildman–Crippen MR) is 115 cm³/mol. The Morgan fingerprint density at radius 2 is 2.00 bits per heavy atom. The molecule has 0 amide bonds. The standard InChI is InChI=1S/C23H26ClN3/c1-5-10-27-22-12-21(24)18(11-20(22)16(2)13-23(27,3)4)15-26-19-8-6-17(14-25)7-9-19/h6-9,11-12,15-16H,5,10,13H2,1-4H3. The van der Waals surface area contributed by atoms with Gasteiger partial charge in [-0.3, -0.25) is 4.99 Å². The van der Waals surface area contributed by atoms with Crippen LogP contribution >= 0.6 is 11.6 Å². The number of nitriles is 1. The molecule has 0 aromatic heterocycles. The monoisotopic (exact) mass is 379 g/mol. The molecule has 4 heteroatoms. The maximum absolute atomic E-state index is 8.90. The van der Waals surface area contributed by atoms with E-state index < -0.39 is 0 Å². The van der Waals surface area contributed by atoms with Crippen LogP contribution in [-0.4, -0.2) is 18.3 Å². The topological polar surface area (TPSA) is 39.4 Å². The molecule has 1 atom stereocenters. The van der Waals surface area contributed by atoms with Crippen molar-refractivity contribution in [3.05, 3.63) is 58.1 Å². The second-order valence-electron chi connectivity index (χ2n) is 7.92. The van der Waals surface area contributed by atoms with E-state index in [1.165, 1.54) is 11.3 Å². The van der Waals surface area contributed by atoms with E-state index >= 15 is 0 Å². The molecular formula is C23H26ClN3. The minimum Gasteiger partial charge on any atom is -0.366 e.